The summed E-state index contributed by atoms with van der Waals surface area (Å²) in [6.07, 6.45) is 0. The highest BCUT2D eigenvalue weighted by Crippen LogP contribution is 2.39. The van der Waals surface area contributed by atoms with Crippen LogP contribution in [0.5, 0.6) is 0 Å². The summed E-state index contributed by atoms with van der Waals surface area (Å²) in [5.74, 6) is -1.81. The van der Waals surface area contributed by atoms with Crippen molar-refractivity contribution in [2.75, 3.05) is 0 Å². The van der Waals surface area contributed by atoms with Gasteiger partial charge < -0.3 is 5.72 Å². The number of hydrogen-bond acceptors (Lipinski definition) is 1. The van der Waals surface area contributed by atoms with Crippen LogP contribution in [0.25, 0.3) is 0 Å². The highest BCUT2D eigenvalue weighted by molar-refractivity contribution is 5.95. The molecule has 24 heavy (non-hydrogen) atoms. The summed E-state index contributed by atoms with van der Waals surface area (Å²) in [6.45, 7) is 0. The van der Waals surface area contributed by atoms with Gasteiger partial charge in [0, 0.05) is 0 Å². The van der Waals surface area contributed by atoms with Crippen molar-refractivity contribution in [3.63, 3.8) is 0 Å². The lowest BCUT2D eigenvalue weighted by atomic mass is 9.69. The van der Waals surface area contributed by atoms with Gasteiger partial charge in [-0.1, -0.05) is 54.6 Å². The predicted molar refractivity (Wildman–Crippen MR) is 88.3 cm³/mol. The van der Waals surface area contributed by atoms with Crippen LogP contribution in [0, 0.1) is 11.6 Å². The SMILES string of the molecule is [2H]N([2H])C(=O)C(c1ccccc1)(c1ccc(F)cc1)c1ccc(F)cc1. The highest BCUT2D eigenvalue weighted by Gasteiger charge is 2.42. The summed E-state index contributed by atoms with van der Waals surface area (Å²) in [6, 6.07) is 19.2. The average Bonchev–Trinajstić information content (AvgIpc) is 2.65. The quantitative estimate of drug-likeness (QED) is 0.729. The van der Waals surface area contributed by atoms with Crippen LogP contribution in [-0.2, 0) is 10.2 Å². The number of benzene rings is 3. The van der Waals surface area contributed by atoms with Crippen molar-refractivity contribution >= 4 is 5.91 Å². The molecule has 2 N–H and O–H groups in total. The van der Waals surface area contributed by atoms with Gasteiger partial charge >= 0.3 is 0 Å². The topological polar surface area (TPSA) is 43.1 Å². The van der Waals surface area contributed by atoms with Gasteiger partial charge in [-0.15, -0.1) is 0 Å². The number of halogens is 2. The van der Waals surface area contributed by atoms with Crippen LogP contribution in [0.3, 0.4) is 0 Å². The number of hydrogen-bond donors (Lipinski definition) is 1. The maximum absolute atomic E-state index is 13.5. The molecule has 0 aromatic heterocycles. The fourth-order valence-electron chi connectivity index (χ4n) is 2.96. The molecule has 4 heteroatoms. The Hall–Kier alpha value is -3.01. The molecule has 2 nitrogen and oxygen atoms in total. The summed E-state index contributed by atoms with van der Waals surface area (Å²) in [5.41, 5.74) is -0.323. The Kier molecular flexibility index (Phi) is 3.49. The van der Waals surface area contributed by atoms with Crippen molar-refractivity contribution in [2.24, 2.45) is 5.72 Å². The van der Waals surface area contributed by atoms with Gasteiger partial charge in [0.05, 0.1) is 0 Å². The average molecular weight is 325 g/mol. The molecule has 3 aromatic rings. The van der Waals surface area contributed by atoms with E-state index < -0.39 is 23.0 Å². The van der Waals surface area contributed by atoms with Gasteiger partial charge in [0.2, 0.25) is 5.91 Å². The minimum Gasteiger partial charge on any atom is -0.368 e. The van der Waals surface area contributed by atoms with Crippen molar-refractivity contribution in [3.05, 3.63) is 107 Å². The molecule has 0 saturated heterocycles. The zero-order valence-corrected chi connectivity index (χ0v) is 12.6. The van der Waals surface area contributed by atoms with Crippen LogP contribution >= 0.6 is 0 Å². The minimum absolute atomic E-state index is 0.000283. The number of carbonyl (C=O) groups is 1. The molecule has 120 valence electrons. The third-order valence-corrected chi connectivity index (χ3v) is 4.08. The maximum Gasteiger partial charge on any atom is 0.237 e. The molecule has 0 unspecified atom stereocenters. The maximum atomic E-state index is 13.5. The molecule has 1 amide bonds. The van der Waals surface area contributed by atoms with Crippen LogP contribution in [0.15, 0.2) is 78.9 Å². The Bertz CT molecular complexity index is 852. The van der Waals surface area contributed by atoms with E-state index in [1.54, 1.807) is 30.3 Å². The first-order chi connectivity index (χ1) is 12.5. The summed E-state index contributed by atoms with van der Waals surface area (Å²) in [7, 11) is 0. The molecule has 0 aliphatic heterocycles. The van der Waals surface area contributed by atoms with Gasteiger partial charge in [-0.2, -0.15) is 0 Å². The normalized spacial score (nSPS) is 12.2. The largest absolute Gasteiger partial charge is 0.368 e. The Balaban J connectivity index is 2.39. The number of amides is 1. The zero-order valence-electron chi connectivity index (χ0n) is 14.6. The van der Waals surface area contributed by atoms with Gasteiger partial charge in [0.15, 0.2) is 2.82 Å². The van der Waals surface area contributed by atoms with Crippen LogP contribution in [0.1, 0.15) is 16.7 Å². The first kappa shape index (κ1) is 13.4. The molecule has 0 atom stereocenters. The van der Waals surface area contributed by atoms with E-state index in [1.165, 1.54) is 48.5 Å². The monoisotopic (exact) mass is 325 g/mol. The van der Waals surface area contributed by atoms with E-state index in [0.29, 0.717) is 16.7 Å². The van der Waals surface area contributed by atoms with E-state index in [9.17, 15) is 13.6 Å². The lowest BCUT2D eigenvalue weighted by Gasteiger charge is -2.32. The Labute approximate surface area is 141 Å². The fraction of sp³-hybridized carbons (Fsp3) is 0.0500. The van der Waals surface area contributed by atoms with Crippen molar-refractivity contribution in [1.82, 2.24) is 0 Å². The fourth-order valence-corrected chi connectivity index (χ4v) is 2.96. The van der Waals surface area contributed by atoms with Gasteiger partial charge in [-0.25, -0.2) is 8.78 Å². The Morgan fingerprint density at radius 2 is 1.17 bits per heavy atom. The second-order valence-corrected chi connectivity index (χ2v) is 5.43. The molecule has 0 spiro atoms. The molecule has 0 radical (unpaired) electrons. The summed E-state index contributed by atoms with van der Waals surface area (Å²) in [4.78, 5) is 13.1. The van der Waals surface area contributed by atoms with E-state index in [2.05, 4.69) is 0 Å². The van der Waals surface area contributed by atoms with Crippen LogP contribution in [0.4, 0.5) is 8.78 Å². The van der Waals surface area contributed by atoms with Gasteiger partial charge in [0.25, 0.3) is 0 Å². The molecule has 0 bridgehead atoms. The van der Waals surface area contributed by atoms with Gasteiger partial charge in [-0.05, 0) is 41.0 Å². The Morgan fingerprint density at radius 3 is 1.58 bits per heavy atom. The summed E-state index contributed by atoms with van der Waals surface area (Å²) in [5, 5.41) is 0. The van der Waals surface area contributed by atoms with E-state index >= 15 is 0 Å². The molecule has 3 rings (SSSR count). The van der Waals surface area contributed by atoms with Crippen molar-refractivity contribution in [1.29, 1.82) is 0 Å². The lowest BCUT2D eigenvalue weighted by Crippen LogP contribution is -2.43. The van der Waals surface area contributed by atoms with E-state index in [-0.39, 0.29) is 5.72 Å². The van der Waals surface area contributed by atoms with Crippen molar-refractivity contribution in [2.45, 2.75) is 5.41 Å². The smallest absolute Gasteiger partial charge is 0.237 e. The standard InChI is InChI=1S/C20H15F2NO/c21-17-10-6-15(7-11-17)20(19(23)24,14-4-2-1-3-5-14)16-8-12-18(22)13-9-16/h1-13H,(H2,23,24)/i/hD2. The van der Waals surface area contributed by atoms with Crippen molar-refractivity contribution in [3.8, 4) is 0 Å². The molecule has 0 fully saturated rings. The summed E-state index contributed by atoms with van der Waals surface area (Å²) >= 11 is 0. The molecule has 0 saturated carbocycles. The van der Waals surface area contributed by atoms with Gasteiger partial charge in [-0.3, -0.25) is 4.79 Å². The predicted octanol–water partition coefficient (Wildman–Crippen LogP) is 3.78. The third kappa shape index (κ3) is 2.56. The Morgan fingerprint density at radius 1 is 0.750 bits per heavy atom. The van der Waals surface area contributed by atoms with Crippen molar-refractivity contribution < 1.29 is 16.4 Å². The van der Waals surface area contributed by atoms with E-state index in [1.807, 2.05) is 0 Å². The third-order valence-electron chi connectivity index (χ3n) is 4.08. The number of carbonyl (C=O) groups excluding carboxylic acids is 1. The van der Waals surface area contributed by atoms with Crippen LogP contribution in [-0.4, -0.2) is 5.91 Å². The molecular weight excluding hydrogens is 308 g/mol. The lowest BCUT2D eigenvalue weighted by molar-refractivity contribution is -0.120. The number of nitrogens with two attached hydrogens (primary N) is 1. The van der Waals surface area contributed by atoms with Crippen LogP contribution < -0.4 is 5.72 Å². The first-order valence-electron chi connectivity index (χ1n) is 8.25. The molecule has 0 aliphatic rings. The van der Waals surface area contributed by atoms with Crippen LogP contribution in [0.2, 0.25) is 2.82 Å². The molecule has 3 aromatic carbocycles. The van der Waals surface area contributed by atoms with E-state index in [0.717, 1.165) is 0 Å². The second kappa shape index (κ2) is 6.24. The van der Waals surface area contributed by atoms with E-state index in [4.69, 9.17) is 2.82 Å². The molecule has 0 aliphatic carbocycles. The minimum atomic E-state index is -1.58. The second-order valence-electron chi connectivity index (χ2n) is 5.43. The first-order valence-corrected chi connectivity index (χ1v) is 7.36. The molecular formula is C20H15F2NO. The highest BCUT2D eigenvalue weighted by atomic mass is 19.1. The molecule has 0 heterocycles. The number of primary amides is 1. The zero-order chi connectivity index (χ0) is 18.7. The van der Waals surface area contributed by atoms with Gasteiger partial charge in [0.1, 0.15) is 17.0 Å². The number of rotatable bonds is 4. The summed E-state index contributed by atoms with van der Waals surface area (Å²) < 4.78 is 42.1.